The molecule has 0 saturated heterocycles. The first-order valence-corrected chi connectivity index (χ1v) is 8.13. The SMILES string of the molecule is COc1ccc(OC)c(C=C2N=C(c3ccc(NC(C)=O)cc3)OC2=O)c1. The van der Waals surface area contributed by atoms with E-state index in [4.69, 9.17) is 14.2 Å². The maximum absolute atomic E-state index is 12.2. The smallest absolute Gasteiger partial charge is 0.363 e. The monoisotopic (exact) mass is 366 g/mol. The second kappa shape index (κ2) is 7.74. The topological polar surface area (TPSA) is 86.2 Å². The Morgan fingerprint density at radius 3 is 2.48 bits per heavy atom. The molecular weight excluding hydrogens is 348 g/mol. The Labute approximate surface area is 156 Å². The Balaban J connectivity index is 1.90. The molecule has 0 radical (unpaired) electrons. The van der Waals surface area contributed by atoms with Crippen LogP contribution in [0.4, 0.5) is 5.69 Å². The summed E-state index contributed by atoms with van der Waals surface area (Å²) in [4.78, 5) is 27.6. The lowest BCUT2D eigenvalue weighted by molar-refractivity contribution is -0.129. The third-order valence-electron chi connectivity index (χ3n) is 3.80. The third kappa shape index (κ3) is 4.14. The molecule has 27 heavy (non-hydrogen) atoms. The summed E-state index contributed by atoms with van der Waals surface area (Å²) in [6.07, 6.45) is 1.59. The first-order chi connectivity index (χ1) is 13.0. The minimum absolute atomic E-state index is 0.155. The number of rotatable bonds is 5. The highest BCUT2D eigenvalue weighted by molar-refractivity contribution is 6.13. The minimum atomic E-state index is -0.555. The number of aliphatic imine (C=N–C) groups is 1. The van der Waals surface area contributed by atoms with Crippen LogP contribution in [0.2, 0.25) is 0 Å². The van der Waals surface area contributed by atoms with E-state index >= 15 is 0 Å². The molecule has 0 atom stereocenters. The van der Waals surface area contributed by atoms with Gasteiger partial charge in [-0.05, 0) is 48.5 Å². The van der Waals surface area contributed by atoms with Crippen LogP contribution in [0.1, 0.15) is 18.1 Å². The van der Waals surface area contributed by atoms with Crippen molar-refractivity contribution in [1.82, 2.24) is 0 Å². The van der Waals surface area contributed by atoms with Gasteiger partial charge in [-0.2, -0.15) is 0 Å². The molecule has 2 aromatic carbocycles. The quantitative estimate of drug-likeness (QED) is 0.649. The zero-order valence-electron chi connectivity index (χ0n) is 15.1. The number of cyclic esters (lactones) is 1. The molecule has 0 aliphatic carbocycles. The van der Waals surface area contributed by atoms with Crippen molar-refractivity contribution < 1.29 is 23.8 Å². The van der Waals surface area contributed by atoms with Crippen LogP contribution in [0.15, 0.2) is 53.2 Å². The van der Waals surface area contributed by atoms with Crippen molar-refractivity contribution in [2.24, 2.45) is 4.99 Å². The van der Waals surface area contributed by atoms with Crippen LogP contribution in [-0.4, -0.2) is 32.0 Å². The van der Waals surface area contributed by atoms with Gasteiger partial charge in [0.25, 0.3) is 0 Å². The Morgan fingerprint density at radius 2 is 1.85 bits per heavy atom. The maximum Gasteiger partial charge on any atom is 0.363 e. The van der Waals surface area contributed by atoms with E-state index < -0.39 is 5.97 Å². The Morgan fingerprint density at radius 1 is 1.11 bits per heavy atom. The van der Waals surface area contributed by atoms with Crippen LogP contribution in [0.5, 0.6) is 11.5 Å². The number of carbonyl (C=O) groups is 2. The van der Waals surface area contributed by atoms with Crippen molar-refractivity contribution >= 4 is 29.5 Å². The number of methoxy groups -OCH3 is 2. The number of amides is 1. The van der Waals surface area contributed by atoms with E-state index in [2.05, 4.69) is 10.3 Å². The number of ether oxygens (including phenoxy) is 3. The number of nitrogens with one attached hydrogen (secondary N) is 1. The fourth-order valence-corrected chi connectivity index (χ4v) is 2.53. The lowest BCUT2D eigenvalue weighted by Crippen LogP contribution is -2.07. The minimum Gasteiger partial charge on any atom is -0.497 e. The van der Waals surface area contributed by atoms with Gasteiger partial charge in [-0.15, -0.1) is 0 Å². The Hall–Kier alpha value is -3.61. The molecule has 1 heterocycles. The highest BCUT2D eigenvalue weighted by Crippen LogP contribution is 2.28. The number of anilines is 1. The van der Waals surface area contributed by atoms with Crippen molar-refractivity contribution in [3.8, 4) is 11.5 Å². The number of nitrogens with zero attached hydrogens (tertiary/aromatic N) is 1. The molecule has 1 aliphatic rings. The van der Waals surface area contributed by atoms with Crippen LogP contribution in [0.25, 0.3) is 6.08 Å². The summed E-state index contributed by atoms with van der Waals surface area (Å²) < 4.78 is 15.8. The molecule has 0 fully saturated rings. The van der Waals surface area contributed by atoms with E-state index in [-0.39, 0.29) is 17.5 Å². The second-order valence-electron chi connectivity index (χ2n) is 5.70. The van der Waals surface area contributed by atoms with Crippen LogP contribution in [0, 0.1) is 0 Å². The van der Waals surface area contributed by atoms with Crippen molar-refractivity contribution in [1.29, 1.82) is 0 Å². The summed E-state index contributed by atoms with van der Waals surface area (Å²) in [6.45, 7) is 1.43. The van der Waals surface area contributed by atoms with Gasteiger partial charge in [-0.1, -0.05) is 0 Å². The molecule has 1 N–H and O–H groups in total. The molecule has 2 aromatic rings. The van der Waals surface area contributed by atoms with Crippen LogP contribution < -0.4 is 14.8 Å². The molecule has 0 unspecified atom stereocenters. The van der Waals surface area contributed by atoms with E-state index in [1.807, 2.05) is 0 Å². The van der Waals surface area contributed by atoms with Crippen LogP contribution >= 0.6 is 0 Å². The largest absolute Gasteiger partial charge is 0.497 e. The van der Waals surface area contributed by atoms with E-state index in [0.29, 0.717) is 28.3 Å². The number of hydrogen-bond acceptors (Lipinski definition) is 6. The molecule has 1 amide bonds. The van der Waals surface area contributed by atoms with E-state index in [1.165, 1.54) is 6.92 Å². The highest BCUT2D eigenvalue weighted by atomic mass is 16.6. The maximum atomic E-state index is 12.2. The summed E-state index contributed by atoms with van der Waals surface area (Å²) >= 11 is 0. The van der Waals surface area contributed by atoms with Gasteiger partial charge in [0.15, 0.2) is 5.70 Å². The predicted molar refractivity (Wildman–Crippen MR) is 101 cm³/mol. The second-order valence-corrected chi connectivity index (χ2v) is 5.70. The number of esters is 1. The summed E-state index contributed by atoms with van der Waals surface area (Å²) in [5, 5.41) is 2.67. The molecule has 7 heteroatoms. The lowest BCUT2D eigenvalue weighted by atomic mass is 10.1. The highest BCUT2D eigenvalue weighted by Gasteiger charge is 2.24. The first-order valence-electron chi connectivity index (χ1n) is 8.13. The molecule has 0 aromatic heterocycles. The van der Waals surface area contributed by atoms with Gasteiger partial charge in [-0.25, -0.2) is 9.79 Å². The zero-order chi connectivity index (χ0) is 19.4. The summed E-state index contributed by atoms with van der Waals surface area (Å²) in [5.41, 5.74) is 2.07. The van der Waals surface area contributed by atoms with Crippen molar-refractivity contribution in [3.63, 3.8) is 0 Å². The first kappa shape index (κ1) is 18.2. The van der Waals surface area contributed by atoms with E-state index in [1.54, 1.807) is 62.8 Å². The van der Waals surface area contributed by atoms with Gasteiger partial charge in [0.1, 0.15) is 11.5 Å². The molecule has 0 saturated carbocycles. The molecule has 0 bridgehead atoms. The molecule has 7 nitrogen and oxygen atoms in total. The summed E-state index contributed by atoms with van der Waals surface area (Å²) in [6, 6.07) is 12.1. The molecule has 0 spiro atoms. The average molecular weight is 366 g/mol. The van der Waals surface area contributed by atoms with Gasteiger partial charge in [0.2, 0.25) is 11.8 Å². The van der Waals surface area contributed by atoms with Crippen molar-refractivity contribution in [2.75, 3.05) is 19.5 Å². The third-order valence-corrected chi connectivity index (χ3v) is 3.80. The normalized spacial score (nSPS) is 14.6. The average Bonchev–Trinajstić information content (AvgIpc) is 3.02. The molecular formula is C20H18N2O5. The lowest BCUT2D eigenvalue weighted by Gasteiger charge is -2.07. The Kier molecular flexibility index (Phi) is 5.21. The standard InChI is InChI=1S/C20H18N2O5/c1-12(23)21-15-6-4-13(5-7-15)19-22-17(20(24)27-19)11-14-10-16(25-2)8-9-18(14)26-3/h4-11H,1-3H3,(H,21,23). The Bertz CT molecular complexity index is 945. The summed E-state index contributed by atoms with van der Waals surface area (Å²) in [7, 11) is 3.10. The zero-order valence-corrected chi connectivity index (χ0v) is 15.1. The van der Waals surface area contributed by atoms with Gasteiger partial charge < -0.3 is 19.5 Å². The van der Waals surface area contributed by atoms with Crippen molar-refractivity contribution in [3.05, 3.63) is 59.3 Å². The fraction of sp³-hybridized carbons (Fsp3) is 0.150. The number of carbonyl (C=O) groups excluding carboxylic acids is 2. The molecule has 3 rings (SSSR count). The van der Waals surface area contributed by atoms with E-state index in [9.17, 15) is 9.59 Å². The van der Waals surface area contributed by atoms with Crippen LogP contribution in [-0.2, 0) is 14.3 Å². The number of benzene rings is 2. The predicted octanol–water partition coefficient (Wildman–Crippen LogP) is 3.01. The molecule has 138 valence electrons. The van der Waals surface area contributed by atoms with Gasteiger partial charge in [0.05, 0.1) is 14.2 Å². The van der Waals surface area contributed by atoms with Crippen molar-refractivity contribution in [2.45, 2.75) is 6.92 Å². The van der Waals surface area contributed by atoms with Gasteiger partial charge in [0, 0.05) is 23.7 Å². The fourth-order valence-electron chi connectivity index (χ4n) is 2.53. The van der Waals surface area contributed by atoms with Gasteiger partial charge in [-0.3, -0.25) is 4.79 Å². The van der Waals surface area contributed by atoms with Crippen LogP contribution in [0.3, 0.4) is 0 Å². The van der Waals surface area contributed by atoms with E-state index in [0.717, 1.165) is 0 Å². The number of hydrogen-bond donors (Lipinski definition) is 1. The van der Waals surface area contributed by atoms with Gasteiger partial charge >= 0.3 is 5.97 Å². The summed E-state index contributed by atoms with van der Waals surface area (Å²) in [5.74, 6) is 0.694. The molecule has 1 aliphatic heterocycles.